The lowest BCUT2D eigenvalue weighted by Crippen LogP contribution is -2.52. The van der Waals surface area contributed by atoms with Crippen LogP contribution in [0.3, 0.4) is 0 Å². The van der Waals surface area contributed by atoms with E-state index in [1.807, 2.05) is 67.6 Å². The Kier molecular flexibility index (Phi) is 5.74. The summed E-state index contributed by atoms with van der Waals surface area (Å²) < 4.78 is 0. The number of hydrogen-bond donors (Lipinski definition) is 2. The minimum Gasteiger partial charge on any atom is -0.548 e. The van der Waals surface area contributed by atoms with E-state index in [9.17, 15) is 14.7 Å². The second-order valence-electron chi connectivity index (χ2n) is 5.31. The summed E-state index contributed by atoms with van der Waals surface area (Å²) in [4.78, 5) is 23.3. The number of urea groups is 1. The summed E-state index contributed by atoms with van der Waals surface area (Å²) >= 11 is 0. The minimum absolute atomic E-state index is 0.177. The molecule has 120 valence electrons. The van der Waals surface area contributed by atoms with Gasteiger partial charge in [0, 0.05) is 0 Å². The van der Waals surface area contributed by atoms with Gasteiger partial charge in [-0.1, -0.05) is 60.7 Å². The van der Waals surface area contributed by atoms with Gasteiger partial charge in [-0.15, -0.1) is 0 Å². The molecule has 23 heavy (non-hydrogen) atoms. The summed E-state index contributed by atoms with van der Waals surface area (Å²) in [6.45, 7) is 1.83. The molecule has 0 aromatic heterocycles. The lowest BCUT2D eigenvalue weighted by atomic mass is 10.1. The number of nitrogens with one attached hydrogen (secondary N) is 2. The van der Waals surface area contributed by atoms with Gasteiger partial charge in [0.25, 0.3) is 0 Å². The van der Waals surface area contributed by atoms with Crippen molar-refractivity contribution in [3.8, 4) is 0 Å². The van der Waals surface area contributed by atoms with Crippen LogP contribution in [0.4, 0.5) is 4.79 Å². The third-order valence-electron chi connectivity index (χ3n) is 3.52. The largest absolute Gasteiger partial charge is 0.548 e. The predicted octanol–water partition coefficient (Wildman–Crippen LogP) is 1.41. The van der Waals surface area contributed by atoms with Crippen LogP contribution >= 0.6 is 0 Å². The third kappa shape index (κ3) is 5.14. The van der Waals surface area contributed by atoms with Gasteiger partial charge in [-0.2, -0.15) is 0 Å². The van der Waals surface area contributed by atoms with Gasteiger partial charge >= 0.3 is 6.03 Å². The van der Waals surface area contributed by atoms with Crippen LogP contribution < -0.4 is 15.7 Å². The molecule has 0 aliphatic heterocycles. The molecular formula is C18H19N2O3-. The second kappa shape index (κ2) is 7.98. The topological polar surface area (TPSA) is 81.3 Å². The number of amides is 2. The zero-order valence-electron chi connectivity index (χ0n) is 12.9. The van der Waals surface area contributed by atoms with E-state index in [1.54, 1.807) is 0 Å². The van der Waals surface area contributed by atoms with E-state index in [0.29, 0.717) is 0 Å². The lowest BCUT2D eigenvalue weighted by Gasteiger charge is -2.22. The van der Waals surface area contributed by atoms with Crippen LogP contribution in [0.15, 0.2) is 60.7 Å². The van der Waals surface area contributed by atoms with Crippen molar-refractivity contribution >= 4 is 12.0 Å². The SMILES string of the molecule is C[C@H](NC(=O)N[C@@H](Cc1ccccc1)C(=O)[O-])c1ccccc1. The van der Waals surface area contributed by atoms with E-state index in [0.717, 1.165) is 11.1 Å². The third-order valence-corrected chi connectivity index (χ3v) is 3.52. The van der Waals surface area contributed by atoms with Crippen LogP contribution in [-0.2, 0) is 11.2 Å². The monoisotopic (exact) mass is 311 g/mol. The highest BCUT2D eigenvalue weighted by Crippen LogP contribution is 2.11. The van der Waals surface area contributed by atoms with Gasteiger partial charge in [0.1, 0.15) is 0 Å². The van der Waals surface area contributed by atoms with Gasteiger partial charge in [0.05, 0.1) is 18.1 Å². The summed E-state index contributed by atoms with van der Waals surface area (Å²) in [5.41, 5.74) is 1.76. The minimum atomic E-state index is -1.31. The first-order valence-electron chi connectivity index (χ1n) is 7.43. The van der Waals surface area contributed by atoms with Gasteiger partial charge < -0.3 is 20.5 Å². The average Bonchev–Trinajstić information content (AvgIpc) is 2.56. The Labute approximate surface area is 135 Å². The first-order valence-corrected chi connectivity index (χ1v) is 7.43. The lowest BCUT2D eigenvalue weighted by molar-refractivity contribution is -0.308. The fraction of sp³-hybridized carbons (Fsp3) is 0.222. The maximum Gasteiger partial charge on any atom is 0.315 e. The Balaban J connectivity index is 1.94. The van der Waals surface area contributed by atoms with Crippen molar-refractivity contribution in [2.75, 3.05) is 0 Å². The molecule has 0 unspecified atom stereocenters. The smallest absolute Gasteiger partial charge is 0.315 e. The second-order valence-corrected chi connectivity index (χ2v) is 5.31. The zero-order chi connectivity index (χ0) is 16.7. The first kappa shape index (κ1) is 16.5. The normalized spacial score (nSPS) is 12.9. The fourth-order valence-electron chi connectivity index (χ4n) is 2.26. The number of carbonyl (C=O) groups excluding carboxylic acids is 2. The number of hydrogen-bond acceptors (Lipinski definition) is 3. The van der Waals surface area contributed by atoms with Gasteiger partial charge in [-0.3, -0.25) is 0 Å². The van der Waals surface area contributed by atoms with Crippen LogP contribution in [0, 0.1) is 0 Å². The van der Waals surface area contributed by atoms with Crippen molar-refractivity contribution in [2.24, 2.45) is 0 Å². The molecule has 2 rings (SSSR count). The molecule has 0 fully saturated rings. The summed E-state index contributed by atoms with van der Waals surface area (Å²) in [6.07, 6.45) is 0.177. The van der Waals surface area contributed by atoms with E-state index < -0.39 is 18.0 Å². The van der Waals surface area contributed by atoms with Crippen LogP contribution in [0.2, 0.25) is 0 Å². The Morgan fingerprint density at radius 2 is 1.52 bits per heavy atom. The van der Waals surface area contributed by atoms with E-state index >= 15 is 0 Å². The molecule has 2 atom stereocenters. The molecule has 0 bridgehead atoms. The molecule has 2 aromatic carbocycles. The maximum atomic E-state index is 12.0. The summed E-state index contributed by atoms with van der Waals surface area (Å²) in [5.74, 6) is -1.31. The molecule has 0 aliphatic rings. The molecule has 0 aliphatic carbocycles. The van der Waals surface area contributed by atoms with Crippen LogP contribution in [-0.4, -0.2) is 18.0 Å². The molecule has 0 spiro atoms. The highest BCUT2D eigenvalue weighted by atomic mass is 16.4. The number of rotatable bonds is 6. The molecule has 0 saturated carbocycles. The van der Waals surface area contributed by atoms with Gasteiger partial charge in [0.2, 0.25) is 0 Å². The number of carboxylic acids is 1. The molecule has 0 heterocycles. The van der Waals surface area contributed by atoms with E-state index in [2.05, 4.69) is 10.6 Å². The molecule has 2 N–H and O–H groups in total. The summed E-state index contributed by atoms with van der Waals surface area (Å²) in [7, 11) is 0. The fourth-order valence-corrected chi connectivity index (χ4v) is 2.26. The Morgan fingerprint density at radius 1 is 0.957 bits per heavy atom. The summed E-state index contributed by atoms with van der Waals surface area (Å²) in [6, 6.07) is 16.7. The van der Waals surface area contributed by atoms with Crippen molar-refractivity contribution in [2.45, 2.75) is 25.4 Å². The molecule has 0 radical (unpaired) electrons. The number of carboxylic acid groups (broad SMARTS) is 1. The van der Waals surface area contributed by atoms with Crippen LogP contribution in [0.5, 0.6) is 0 Å². The number of benzene rings is 2. The maximum absolute atomic E-state index is 12.0. The quantitative estimate of drug-likeness (QED) is 0.846. The standard InChI is InChI=1S/C18H20N2O3/c1-13(15-10-6-3-7-11-15)19-18(23)20-16(17(21)22)12-14-8-4-2-5-9-14/h2-11,13,16H,12H2,1H3,(H,21,22)(H2,19,20,23)/p-1/t13-,16-/m0/s1. The van der Waals surface area contributed by atoms with Crippen LogP contribution in [0.1, 0.15) is 24.1 Å². The highest BCUT2D eigenvalue weighted by Gasteiger charge is 2.16. The van der Waals surface area contributed by atoms with Crippen molar-refractivity contribution in [3.05, 3.63) is 71.8 Å². The zero-order valence-corrected chi connectivity index (χ0v) is 12.9. The Hall–Kier alpha value is -2.82. The van der Waals surface area contributed by atoms with E-state index in [1.165, 1.54) is 0 Å². The number of aliphatic carboxylic acids is 1. The molecular weight excluding hydrogens is 292 g/mol. The molecule has 5 heteroatoms. The summed E-state index contributed by atoms with van der Waals surface area (Å²) in [5, 5.41) is 16.4. The highest BCUT2D eigenvalue weighted by molar-refractivity contribution is 5.82. The predicted molar refractivity (Wildman–Crippen MR) is 85.5 cm³/mol. The van der Waals surface area contributed by atoms with Gasteiger partial charge in [-0.25, -0.2) is 4.79 Å². The molecule has 2 aromatic rings. The van der Waals surface area contributed by atoms with Crippen molar-refractivity contribution in [1.29, 1.82) is 0 Å². The molecule has 0 saturated heterocycles. The van der Waals surface area contributed by atoms with Crippen LogP contribution in [0.25, 0.3) is 0 Å². The Bertz CT molecular complexity index is 644. The first-order chi connectivity index (χ1) is 11.1. The molecule has 5 nitrogen and oxygen atoms in total. The van der Waals surface area contributed by atoms with Gasteiger partial charge in [0.15, 0.2) is 0 Å². The van der Waals surface area contributed by atoms with E-state index in [4.69, 9.17) is 0 Å². The number of carbonyl (C=O) groups is 2. The molecule has 2 amide bonds. The van der Waals surface area contributed by atoms with E-state index in [-0.39, 0.29) is 12.5 Å². The van der Waals surface area contributed by atoms with Crippen molar-refractivity contribution in [3.63, 3.8) is 0 Å². The van der Waals surface area contributed by atoms with Crippen molar-refractivity contribution in [1.82, 2.24) is 10.6 Å². The Morgan fingerprint density at radius 3 is 2.09 bits per heavy atom. The van der Waals surface area contributed by atoms with Gasteiger partial charge in [-0.05, 0) is 24.5 Å². The average molecular weight is 311 g/mol. The van der Waals surface area contributed by atoms with Crippen molar-refractivity contribution < 1.29 is 14.7 Å².